The van der Waals surface area contributed by atoms with Gasteiger partial charge in [-0.05, 0) is 6.42 Å². The van der Waals surface area contributed by atoms with Gasteiger partial charge in [0.05, 0.1) is 0 Å². The van der Waals surface area contributed by atoms with Crippen LogP contribution in [0.3, 0.4) is 0 Å². The highest BCUT2D eigenvalue weighted by Crippen LogP contribution is 2.13. The number of unbranched alkanes of at least 4 members (excludes halogenated alkanes) is 14. The third-order valence-electron chi connectivity index (χ3n) is 4.19. The Balaban J connectivity index is 3.16. The second kappa shape index (κ2) is 15.9. The molecule has 0 rings (SSSR count). The van der Waals surface area contributed by atoms with E-state index in [0.717, 1.165) is 12.8 Å². The van der Waals surface area contributed by atoms with E-state index in [-0.39, 0.29) is 6.42 Å². The topological polar surface area (TPSA) is 86.5 Å². The lowest BCUT2D eigenvalue weighted by Crippen LogP contribution is -2.20. The van der Waals surface area contributed by atoms with Crippen LogP contribution in [0.1, 0.15) is 110 Å². The van der Waals surface area contributed by atoms with E-state index in [9.17, 15) is 13.2 Å². The number of nitrogens with two attached hydrogens (primary N) is 1. The van der Waals surface area contributed by atoms with Crippen LogP contribution in [0.2, 0.25) is 0 Å². The van der Waals surface area contributed by atoms with Gasteiger partial charge in [0.1, 0.15) is 0 Å². The van der Waals surface area contributed by atoms with Crippen molar-refractivity contribution in [1.82, 2.24) is 0 Å². The van der Waals surface area contributed by atoms with Crippen molar-refractivity contribution in [3.8, 4) is 0 Å². The van der Waals surface area contributed by atoms with Gasteiger partial charge in [-0.2, -0.15) is 13.6 Å². The molecule has 0 saturated carbocycles. The van der Waals surface area contributed by atoms with Gasteiger partial charge in [-0.1, -0.05) is 96.8 Å². The Morgan fingerprint density at radius 1 is 0.708 bits per heavy atom. The summed E-state index contributed by atoms with van der Waals surface area (Å²) in [6.45, 7) is 2.25. The van der Waals surface area contributed by atoms with E-state index < -0.39 is 16.3 Å². The molecule has 24 heavy (non-hydrogen) atoms. The normalized spacial score (nSPS) is 11.6. The van der Waals surface area contributed by atoms with Crippen molar-refractivity contribution >= 4 is 16.3 Å². The highest BCUT2D eigenvalue weighted by Gasteiger charge is 2.10. The fourth-order valence-corrected chi connectivity index (χ4v) is 3.15. The maximum Gasteiger partial charge on any atom is 0.382 e. The van der Waals surface area contributed by atoms with Crippen LogP contribution in [0.15, 0.2) is 0 Å². The lowest BCUT2D eigenvalue weighted by molar-refractivity contribution is -0.133. The minimum absolute atomic E-state index is 0.120. The minimum atomic E-state index is -4.14. The Bertz CT molecular complexity index is 396. The van der Waals surface area contributed by atoms with Crippen LogP contribution in [0.5, 0.6) is 0 Å². The summed E-state index contributed by atoms with van der Waals surface area (Å²) in [5.74, 6) is -0.757. The molecule has 0 unspecified atom stereocenters. The standard InChI is InChI=1S/C18H37NO4S/c1-2-3-4-5-6-7-8-9-10-11-12-13-14-15-16-17-18(20)23-24(19,21)22/h2-17H2,1H3,(H2,19,21,22). The number of rotatable bonds is 17. The van der Waals surface area contributed by atoms with E-state index in [0.29, 0.717) is 6.42 Å². The zero-order valence-corrected chi connectivity index (χ0v) is 16.2. The summed E-state index contributed by atoms with van der Waals surface area (Å²) < 4.78 is 25.1. The second-order valence-electron chi connectivity index (χ2n) is 6.65. The van der Waals surface area contributed by atoms with Gasteiger partial charge in [-0.3, -0.25) is 4.79 Å². The van der Waals surface area contributed by atoms with Crippen molar-refractivity contribution in [3.63, 3.8) is 0 Å². The minimum Gasteiger partial charge on any atom is -0.334 e. The Morgan fingerprint density at radius 2 is 1.04 bits per heavy atom. The fourth-order valence-electron chi connectivity index (χ4n) is 2.81. The molecule has 0 aliphatic heterocycles. The quantitative estimate of drug-likeness (QED) is 0.369. The predicted octanol–water partition coefficient (Wildman–Crippen LogP) is 4.99. The van der Waals surface area contributed by atoms with E-state index in [1.165, 1.54) is 77.0 Å². The molecule has 0 aromatic rings. The van der Waals surface area contributed by atoms with E-state index >= 15 is 0 Å². The van der Waals surface area contributed by atoms with Crippen molar-refractivity contribution in [2.45, 2.75) is 110 Å². The lowest BCUT2D eigenvalue weighted by atomic mass is 10.0. The summed E-state index contributed by atoms with van der Waals surface area (Å²) in [5.41, 5.74) is 0. The Morgan fingerprint density at radius 3 is 1.38 bits per heavy atom. The largest absolute Gasteiger partial charge is 0.382 e. The van der Waals surface area contributed by atoms with E-state index in [1.54, 1.807) is 0 Å². The van der Waals surface area contributed by atoms with Gasteiger partial charge in [0.25, 0.3) is 0 Å². The molecule has 2 N–H and O–H groups in total. The van der Waals surface area contributed by atoms with Gasteiger partial charge >= 0.3 is 16.3 Å². The van der Waals surface area contributed by atoms with Gasteiger partial charge in [0, 0.05) is 6.42 Å². The first kappa shape index (κ1) is 23.4. The Kier molecular flexibility index (Phi) is 15.5. The monoisotopic (exact) mass is 363 g/mol. The zero-order chi connectivity index (χ0) is 18.1. The average Bonchev–Trinajstić information content (AvgIpc) is 2.49. The van der Waals surface area contributed by atoms with Gasteiger partial charge in [-0.15, -0.1) is 0 Å². The van der Waals surface area contributed by atoms with E-state index in [2.05, 4.69) is 16.2 Å². The fraction of sp³-hybridized carbons (Fsp3) is 0.944. The molecular weight excluding hydrogens is 326 g/mol. The van der Waals surface area contributed by atoms with Crippen molar-refractivity contribution in [3.05, 3.63) is 0 Å². The van der Waals surface area contributed by atoms with Crippen molar-refractivity contribution < 1.29 is 17.4 Å². The SMILES string of the molecule is CCCCCCCCCCCCCCCCCC(=O)OS(N)(=O)=O. The number of carbonyl (C=O) groups is 1. The van der Waals surface area contributed by atoms with Gasteiger partial charge in [0.2, 0.25) is 0 Å². The maximum absolute atomic E-state index is 11.1. The molecule has 0 aliphatic carbocycles. The molecule has 5 nitrogen and oxygen atoms in total. The smallest absolute Gasteiger partial charge is 0.334 e. The summed E-state index contributed by atoms with van der Waals surface area (Å²) in [6, 6.07) is 0. The van der Waals surface area contributed by atoms with Crippen LogP contribution < -0.4 is 5.14 Å². The second-order valence-corrected chi connectivity index (χ2v) is 7.80. The molecule has 0 aromatic heterocycles. The average molecular weight is 364 g/mol. The summed E-state index contributed by atoms with van der Waals surface area (Å²) in [4.78, 5) is 11.1. The molecule has 0 atom stereocenters. The summed E-state index contributed by atoms with van der Waals surface area (Å²) in [7, 11) is -4.14. The molecule has 0 radical (unpaired) electrons. The summed E-state index contributed by atoms with van der Waals surface area (Å²) in [6.07, 6.45) is 18.9. The molecule has 6 heteroatoms. The highest BCUT2D eigenvalue weighted by atomic mass is 32.2. The number of carbonyl (C=O) groups excluding carboxylic acids is 1. The molecule has 0 bridgehead atoms. The van der Waals surface area contributed by atoms with Crippen LogP contribution in [0, 0.1) is 0 Å². The lowest BCUT2D eigenvalue weighted by Gasteiger charge is -2.03. The summed E-state index contributed by atoms with van der Waals surface area (Å²) >= 11 is 0. The molecule has 0 saturated heterocycles. The maximum atomic E-state index is 11.1. The molecule has 0 aromatic carbocycles. The molecule has 144 valence electrons. The predicted molar refractivity (Wildman–Crippen MR) is 98.7 cm³/mol. The molecule has 0 aliphatic rings. The highest BCUT2D eigenvalue weighted by molar-refractivity contribution is 7.84. The van der Waals surface area contributed by atoms with Crippen LogP contribution in [0.4, 0.5) is 0 Å². The van der Waals surface area contributed by atoms with Crippen molar-refractivity contribution in [2.24, 2.45) is 5.14 Å². The van der Waals surface area contributed by atoms with Crippen LogP contribution >= 0.6 is 0 Å². The van der Waals surface area contributed by atoms with Crippen LogP contribution in [-0.2, 0) is 19.3 Å². The van der Waals surface area contributed by atoms with Gasteiger partial charge in [0.15, 0.2) is 0 Å². The van der Waals surface area contributed by atoms with Gasteiger partial charge in [-0.25, -0.2) is 0 Å². The summed E-state index contributed by atoms with van der Waals surface area (Å²) in [5, 5.41) is 4.62. The molecule has 0 amide bonds. The number of hydrogen-bond donors (Lipinski definition) is 1. The molecule has 0 spiro atoms. The van der Waals surface area contributed by atoms with E-state index in [1.807, 2.05) is 0 Å². The molecular formula is C18H37NO4S. The Hall–Kier alpha value is -0.620. The molecule has 0 heterocycles. The van der Waals surface area contributed by atoms with E-state index in [4.69, 9.17) is 0 Å². The third kappa shape index (κ3) is 19.4. The van der Waals surface area contributed by atoms with Crippen LogP contribution in [-0.4, -0.2) is 14.4 Å². The first-order valence-corrected chi connectivity index (χ1v) is 11.2. The first-order valence-electron chi connectivity index (χ1n) is 9.70. The van der Waals surface area contributed by atoms with Crippen LogP contribution in [0.25, 0.3) is 0 Å². The zero-order valence-electron chi connectivity index (χ0n) is 15.4. The Labute approximate surface area is 149 Å². The third-order valence-corrected chi connectivity index (χ3v) is 4.61. The van der Waals surface area contributed by atoms with Crippen molar-refractivity contribution in [1.29, 1.82) is 0 Å². The molecule has 0 fully saturated rings. The first-order chi connectivity index (χ1) is 11.5. The van der Waals surface area contributed by atoms with Gasteiger partial charge < -0.3 is 4.18 Å². The number of hydrogen-bond acceptors (Lipinski definition) is 4. The van der Waals surface area contributed by atoms with Crippen molar-refractivity contribution in [2.75, 3.05) is 0 Å².